The first kappa shape index (κ1) is 14.2. The van der Waals surface area contributed by atoms with Gasteiger partial charge in [-0.15, -0.1) is 0 Å². The van der Waals surface area contributed by atoms with Gasteiger partial charge in [-0.3, -0.25) is 4.79 Å². The van der Waals surface area contributed by atoms with Crippen molar-refractivity contribution < 1.29 is 9.18 Å². The molecule has 0 bridgehead atoms. The van der Waals surface area contributed by atoms with Gasteiger partial charge in [-0.1, -0.05) is 20.8 Å². The van der Waals surface area contributed by atoms with Gasteiger partial charge in [0, 0.05) is 11.0 Å². The van der Waals surface area contributed by atoms with E-state index in [2.05, 4.69) is 42.0 Å². The molecule has 1 unspecified atom stereocenters. The second-order valence-corrected chi connectivity index (χ2v) is 5.41. The Kier molecular flexibility index (Phi) is 5.12. The highest BCUT2D eigenvalue weighted by Crippen LogP contribution is 2.18. The summed E-state index contributed by atoms with van der Waals surface area (Å²) in [6.07, 6.45) is 0. The number of nitrogens with one attached hydrogen (secondary N) is 1. The van der Waals surface area contributed by atoms with Gasteiger partial charge in [0.05, 0.1) is 5.56 Å². The lowest BCUT2D eigenvalue weighted by Gasteiger charge is -2.16. The van der Waals surface area contributed by atoms with Crippen molar-refractivity contribution in [2.24, 2.45) is 11.8 Å². The summed E-state index contributed by atoms with van der Waals surface area (Å²) in [6, 6.07) is 4.09. The van der Waals surface area contributed by atoms with E-state index >= 15 is 0 Å². The number of benzene rings is 1. The summed E-state index contributed by atoms with van der Waals surface area (Å²) in [5.41, 5.74) is 0.334. The third-order valence-corrected chi connectivity index (χ3v) is 3.59. The minimum absolute atomic E-state index is 0.246. The normalized spacial score (nSPS) is 12.6. The molecule has 1 rings (SSSR count). The molecule has 1 aromatic carbocycles. The summed E-state index contributed by atoms with van der Waals surface area (Å²) in [4.78, 5) is 11.8. The fourth-order valence-electron chi connectivity index (χ4n) is 1.26. The summed E-state index contributed by atoms with van der Waals surface area (Å²) >= 11 is 3.24. The molecule has 0 radical (unpaired) electrons. The van der Waals surface area contributed by atoms with E-state index in [0.717, 1.165) is 0 Å². The highest BCUT2D eigenvalue weighted by Gasteiger charge is 2.13. The highest BCUT2D eigenvalue weighted by atomic mass is 79.9. The van der Waals surface area contributed by atoms with E-state index in [1.807, 2.05) is 0 Å². The van der Waals surface area contributed by atoms with Crippen LogP contribution in [0.2, 0.25) is 0 Å². The van der Waals surface area contributed by atoms with Crippen molar-refractivity contribution >= 4 is 21.8 Å². The number of amides is 1. The van der Waals surface area contributed by atoms with E-state index in [1.165, 1.54) is 18.2 Å². The van der Waals surface area contributed by atoms with Crippen LogP contribution in [-0.2, 0) is 0 Å². The Hall–Kier alpha value is -0.900. The Balaban J connectivity index is 2.67. The number of halogens is 2. The molecule has 0 spiro atoms. The molecular formula is C13H17BrFNO. The van der Waals surface area contributed by atoms with Crippen LogP contribution >= 0.6 is 15.9 Å². The lowest BCUT2D eigenvalue weighted by Crippen LogP contribution is -2.30. The number of carbonyl (C=O) groups excluding carboxylic acids is 1. The topological polar surface area (TPSA) is 29.1 Å². The first-order chi connectivity index (χ1) is 7.91. The molecule has 0 aliphatic heterocycles. The number of hydrogen-bond donors (Lipinski definition) is 1. The van der Waals surface area contributed by atoms with Crippen molar-refractivity contribution in [2.45, 2.75) is 20.8 Å². The molecule has 0 aromatic heterocycles. The van der Waals surface area contributed by atoms with Gasteiger partial charge in [-0.05, 0) is 46.0 Å². The van der Waals surface area contributed by atoms with Gasteiger partial charge in [0.25, 0.3) is 5.91 Å². The monoisotopic (exact) mass is 301 g/mol. The van der Waals surface area contributed by atoms with E-state index in [1.54, 1.807) is 0 Å². The smallest absolute Gasteiger partial charge is 0.252 e. The molecule has 1 amide bonds. The van der Waals surface area contributed by atoms with Crippen LogP contribution in [-0.4, -0.2) is 12.5 Å². The van der Waals surface area contributed by atoms with Gasteiger partial charge in [0.15, 0.2) is 0 Å². The van der Waals surface area contributed by atoms with Gasteiger partial charge < -0.3 is 5.32 Å². The van der Waals surface area contributed by atoms with Crippen LogP contribution in [0.5, 0.6) is 0 Å². The van der Waals surface area contributed by atoms with Crippen LogP contribution in [0, 0.1) is 17.7 Å². The van der Waals surface area contributed by atoms with E-state index in [9.17, 15) is 9.18 Å². The Morgan fingerprint density at radius 2 is 2.06 bits per heavy atom. The molecule has 2 nitrogen and oxygen atoms in total. The Morgan fingerprint density at radius 1 is 1.41 bits per heavy atom. The predicted octanol–water partition coefficient (Wildman–Crippen LogP) is 3.61. The van der Waals surface area contributed by atoms with Crippen molar-refractivity contribution in [3.63, 3.8) is 0 Å². The van der Waals surface area contributed by atoms with Crippen LogP contribution in [0.4, 0.5) is 4.39 Å². The van der Waals surface area contributed by atoms with E-state index in [0.29, 0.717) is 28.4 Å². The molecule has 1 aromatic rings. The van der Waals surface area contributed by atoms with Crippen molar-refractivity contribution in [3.05, 3.63) is 34.1 Å². The molecule has 0 heterocycles. The minimum atomic E-state index is -0.407. The average Bonchev–Trinajstić information content (AvgIpc) is 2.28. The van der Waals surface area contributed by atoms with E-state index in [4.69, 9.17) is 0 Å². The molecular weight excluding hydrogens is 285 g/mol. The molecule has 4 heteroatoms. The standard InChI is InChI=1S/C13H17BrFNO/c1-8(2)9(3)7-16-13(17)11-6-10(15)4-5-12(11)14/h4-6,8-9H,7H2,1-3H3,(H,16,17). The molecule has 0 saturated heterocycles. The lowest BCUT2D eigenvalue weighted by molar-refractivity contribution is 0.0943. The first-order valence-electron chi connectivity index (χ1n) is 5.65. The van der Waals surface area contributed by atoms with Crippen LogP contribution in [0.1, 0.15) is 31.1 Å². The van der Waals surface area contributed by atoms with Crippen LogP contribution in [0.25, 0.3) is 0 Å². The largest absolute Gasteiger partial charge is 0.352 e. The van der Waals surface area contributed by atoms with Crippen molar-refractivity contribution in [3.8, 4) is 0 Å². The Bertz CT molecular complexity index is 406. The maximum Gasteiger partial charge on any atom is 0.252 e. The SMILES string of the molecule is CC(C)C(C)CNC(=O)c1cc(F)ccc1Br. The molecule has 1 N–H and O–H groups in total. The summed E-state index contributed by atoms with van der Waals surface area (Å²) in [5.74, 6) is 0.247. The van der Waals surface area contributed by atoms with E-state index in [-0.39, 0.29) is 5.91 Å². The second-order valence-electron chi connectivity index (χ2n) is 4.56. The summed E-state index contributed by atoms with van der Waals surface area (Å²) in [6.45, 7) is 6.88. The molecule has 94 valence electrons. The second kappa shape index (κ2) is 6.15. The number of carbonyl (C=O) groups is 1. The molecule has 0 aliphatic rings. The van der Waals surface area contributed by atoms with Crippen LogP contribution < -0.4 is 5.32 Å². The predicted molar refractivity (Wildman–Crippen MR) is 70.4 cm³/mol. The van der Waals surface area contributed by atoms with Gasteiger partial charge in [-0.2, -0.15) is 0 Å². The van der Waals surface area contributed by atoms with Crippen molar-refractivity contribution in [2.75, 3.05) is 6.54 Å². The average molecular weight is 302 g/mol. The first-order valence-corrected chi connectivity index (χ1v) is 6.44. The molecule has 1 atom stereocenters. The van der Waals surface area contributed by atoms with Crippen molar-refractivity contribution in [1.82, 2.24) is 5.32 Å². The Labute approximate surface area is 110 Å². The molecule has 17 heavy (non-hydrogen) atoms. The lowest BCUT2D eigenvalue weighted by atomic mass is 9.98. The summed E-state index contributed by atoms with van der Waals surface area (Å²) < 4.78 is 13.6. The maximum absolute atomic E-state index is 13.0. The Morgan fingerprint density at radius 3 is 2.65 bits per heavy atom. The minimum Gasteiger partial charge on any atom is -0.352 e. The molecule has 0 aliphatic carbocycles. The zero-order valence-electron chi connectivity index (χ0n) is 10.3. The quantitative estimate of drug-likeness (QED) is 0.904. The van der Waals surface area contributed by atoms with Gasteiger partial charge in [0.1, 0.15) is 5.82 Å². The third-order valence-electron chi connectivity index (χ3n) is 2.90. The van der Waals surface area contributed by atoms with Crippen LogP contribution in [0.3, 0.4) is 0 Å². The summed E-state index contributed by atoms with van der Waals surface area (Å²) in [7, 11) is 0. The number of rotatable bonds is 4. The van der Waals surface area contributed by atoms with Crippen molar-refractivity contribution in [1.29, 1.82) is 0 Å². The van der Waals surface area contributed by atoms with Gasteiger partial charge in [0.2, 0.25) is 0 Å². The summed E-state index contributed by atoms with van der Waals surface area (Å²) in [5, 5.41) is 2.81. The van der Waals surface area contributed by atoms with E-state index < -0.39 is 5.82 Å². The third kappa shape index (κ3) is 4.11. The fraction of sp³-hybridized carbons (Fsp3) is 0.462. The van der Waals surface area contributed by atoms with Gasteiger partial charge >= 0.3 is 0 Å². The maximum atomic E-state index is 13.0. The van der Waals surface area contributed by atoms with Crippen LogP contribution in [0.15, 0.2) is 22.7 Å². The molecule has 0 fully saturated rings. The van der Waals surface area contributed by atoms with Gasteiger partial charge in [-0.25, -0.2) is 4.39 Å². The zero-order valence-corrected chi connectivity index (χ0v) is 11.8. The fourth-order valence-corrected chi connectivity index (χ4v) is 1.68. The molecule has 0 saturated carbocycles. The highest BCUT2D eigenvalue weighted by molar-refractivity contribution is 9.10. The number of hydrogen-bond acceptors (Lipinski definition) is 1. The zero-order chi connectivity index (χ0) is 13.0.